The summed E-state index contributed by atoms with van der Waals surface area (Å²) in [5.41, 5.74) is 1.77. The zero-order valence-electron chi connectivity index (χ0n) is 16.3. The number of hydrogen-bond donors (Lipinski definition) is 0. The molecule has 8 heteroatoms. The summed E-state index contributed by atoms with van der Waals surface area (Å²) in [7, 11) is -3.58. The lowest BCUT2D eigenvalue weighted by Gasteiger charge is -2.28. The van der Waals surface area contributed by atoms with Crippen LogP contribution in [0.3, 0.4) is 0 Å². The highest BCUT2D eigenvalue weighted by atomic mass is 32.2. The monoisotopic (exact) mass is 409 g/mol. The van der Waals surface area contributed by atoms with Gasteiger partial charge >= 0.3 is 0 Å². The van der Waals surface area contributed by atoms with Crippen LogP contribution in [-0.4, -0.2) is 44.6 Å². The first kappa shape index (κ1) is 18.4. The van der Waals surface area contributed by atoms with Crippen molar-refractivity contribution in [2.75, 3.05) is 0 Å². The summed E-state index contributed by atoms with van der Waals surface area (Å²) in [6.45, 7) is 2.56. The fourth-order valence-electron chi connectivity index (χ4n) is 4.66. The van der Waals surface area contributed by atoms with Crippen molar-refractivity contribution in [3.8, 4) is 11.4 Å². The first-order chi connectivity index (χ1) is 14.1. The van der Waals surface area contributed by atoms with Gasteiger partial charge in [-0.25, -0.2) is 8.42 Å². The molecule has 0 radical (unpaired) electrons. The highest BCUT2D eigenvalue weighted by Gasteiger charge is 2.45. The molecule has 5 rings (SSSR count). The molecule has 4 heterocycles. The molecule has 1 fully saturated rings. The van der Waals surface area contributed by atoms with E-state index < -0.39 is 10.0 Å². The first-order valence-electron chi connectivity index (χ1n) is 10.0. The second-order valence-corrected chi connectivity index (χ2v) is 9.49. The molecule has 0 spiro atoms. The van der Waals surface area contributed by atoms with Gasteiger partial charge in [-0.15, -0.1) is 10.2 Å². The molecule has 1 saturated heterocycles. The first-order valence-corrected chi connectivity index (χ1v) is 11.5. The third kappa shape index (κ3) is 2.98. The Hall–Kier alpha value is -2.58. The van der Waals surface area contributed by atoms with Crippen LogP contribution in [0.5, 0.6) is 0 Å². The molecule has 3 aromatic rings. The van der Waals surface area contributed by atoms with Crippen LogP contribution < -0.4 is 0 Å². The molecule has 2 aliphatic rings. The van der Waals surface area contributed by atoms with E-state index in [9.17, 15) is 8.42 Å². The van der Waals surface area contributed by atoms with Crippen LogP contribution >= 0.6 is 0 Å². The Labute approximate surface area is 170 Å². The minimum absolute atomic E-state index is 0.0814. The third-order valence-corrected chi connectivity index (χ3v) is 8.13. The fourth-order valence-corrected chi connectivity index (χ4v) is 6.82. The van der Waals surface area contributed by atoms with E-state index in [1.165, 1.54) is 0 Å². The molecule has 150 valence electrons. The summed E-state index contributed by atoms with van der Waals surface area (Å²) in [5.74, 6) is 1.60. The lowest BCUT2D eigenvalue weighted by molar-refractivity contribution is 0.315. The maximum Gasteiger partial charge on any atom is 0.243 e. The van der Waals surface area contributed by atoms with Crippen molar-refractivity contribution in [2.45, 2.75) is 56.1 Å². The minimum atomic E-state index is -3.58. The Kier molecular flexibility index (Phi) is 4.48. The number of hydrogen-bond acceptors (Lipinski definition) is 5. The molecule has 2 bridgehead atoms. The predicted octanol–water partition coefficient (Wildman–Crippen LogP) is 2.68. The SMILES string of the molecule is CCc1ccccc1S(=O)(=O)N1C2CCC1Cn1c(nnc1-c1cccnc1)C2. The molecular weight excluding hydrogens is 386 g/mol. The molecule has 0 amide bonds. The molecule has 1 aromatic carbocycles. The van der Waals surface area contributed by atoms with Crippen molar-refractivity contribution >= 4 is 10.0 Å². The Morgan fingerprint density at radius 2 is 1.90 bits per heavy atom. The van der Waals surface area contributed by atoms with Crippen molar-refractivity contribution in [1.29, 1.82) is 0 Å². The van der Waals surface area contributed by atoms with Crippen LogP contribution in [0, 0.1) is 0 Å². The van der Waals surface area contributed by atoms with Crippen molar-refractivity contribution < 1.29 is 8.42 Å². The lowest BCUT2D eigenvalue weighted by atomic mass is 10.1. The molecule has 0 N–H and O–H groups in total. The fraction of sp³-hybridized carbons (Fsp3) is 0.381. The van der Waals surface area contributed by atoms with Gasteiger partial charge in [-0.05, 0) is 43.0 Å². The van der Waals surface area contributed by atoms with E-state index in [1.807, 2.05) is 31.2 Å². The largest absolute Gasteiger partial charge is 0.309 e. The van der Waals surface area contributed by atoms with Gasteiger partial charge in [0.1, 0.15) is 5.82 Å². The van der Waals surface area contributed by atoms with Gasteiger partial charge in [-0.1, -0.05) is 25.1 Å². The summed E-state index contributed by atoms with van der Waals surface area (Å²) in [6, 6.07) is 11.0. The van der Waals surface area contributed by atoms with E-state index in [4.69, 9.17) is 0 Å². The van der Waals surface area contributed by atoms with Crippen molar-refractivity contribution in [3.05, 3.63) is 60.2 Å². The maximum absolute atomic E-state index is 13.7. The normalized spacial score (nSPS) is 21.7. The van der Waals surface area contributed by atoms with E-state index in [2.05, 4.69) is 19.7 Å². The summed E-state index contributed by atoms with van der Waals surface area (Å²) in [5, 5.41) is 8.78. The van der Waals surface area contributed by atoms with Crippen LogP contribution in [0.4, 0.5) is 0 Å². The van der Waals surface area contributed by atoms with Crippen LogP contribution in [0.25, 0.3) is 11.4 Å². The Morgan fingerprint density at radius 1 is 1.07 bits per heavy atom. The highest BCUT2D eigenvalue weighted by Crippen LogP contribution is 2.37. The smallest absolute Gasteiger partial charge is 0.243 e. The van der Waals surface area contributed by atoms with Crippen LogP contribution in [-0.2, 0) is 29.4 Å². The van der Waals surface area contributed by atoms with E-state index >= 15 is 0 Å². The Bertz CT molecular complexity index is 1140. The Morgan fingerprint density at radius 3 is 2.69 bits per heavy atom. The highest BCUT2D eigenvalue weighted by molar-refractivity contribution is 7.89. The van der Waals surface area contributed by atoms with Gasteiger partial charge in [-0.3, -0.25) is 4.98 Å². The lowest BCUT2D eigenvalue weighted by Crippen LogP contribution is -2.42. The summed E-state index contributed by atoms with van der Waals surface area (Å²) >= 11 is 0. The van der Waals surface area contributed by atoms with Gasteiger partial charge < -0.3 is 4.57 Å². The summed E-state index contributed by atoms with van der Waals surface area (Å²) in [6.07, 6.45) is 6.47. The van der Waals surface area contributed by atoms with Gasteiger partial charge in [0.05, 0.1) is 4.90 Å². The van der Waals surface area contributed by atoms with Gasteiger partial charge in [-0.2, -0.15) is 4.31 Å². The van der Waals surface area contributed by atoms with Gasteiger partial charge in [0.2, 0.25) is 10.0 Å². The quantitative estimate of drug-likeness (QED) is 0.662. The van der Waals surface area contributed by atoms with Gasteiger partial charge in [0.25, 0.3) is 0 Å². The van der Waals surface area contributed by atoms with E-state index in [0.29, 0.717) is 24.3 Å². The zero-order valence-corrected chi connectivity index (χ0v) is 17.1. The molecule has 0 saturated carbocycles. The van der Waals surface area contributed by atoms with Crippen LogP contribution in [0.2, 0.25) is 0 Å². The molecule has 7 nitrogen and oxygen atoms in total. The molecule has 29 heavy (non-hydrogen) atoms. The van der Waals surface area contributed by atoms with Crippen molar-refractivity contribution in [3.63, 3.8) is 0 Å². The predicted molar refractivity (Wildman–Crippen MR) is 109 cm³/mol. The third-order valence-electron chi connectivity index (χ3n) is 6.02. The molecule has 2 unspecified atom stereocenters. The van der Waals surface area contributed by atoms with E-state index in [1.54, 1.807) is 28.8 Å². The van der Waals surface area contributed by atoms with Crippen LogP contribution in [0.1, 0.15) is 31.2 Å². The minimum Gasteiger partial charge on any atom is -0.309 e. The summed E-state index contributed by atoms with van der Waals surface area (Å²) < 4.78 is 31.2. The van der Waals surface area contributed by atoms with Crippen LogP contribution in [0.15, 0.2) is 53.7 Å². The summed E-state index contributed by atoms with van der Waals surface area (Å²) in [4.78, 5) is 4.62. The molecule has 2 aliphatic heterocycles. The number of rotatable bonds is 4. The molecule has 0 aliphatic carbocycles. The van der Waals surface area contributed by atoms with Gasteiger partial charge in [0.15, 0.2) is 5.82 Å². The second-order valence-electron chi connectivity index (χ2n) is 7.68. The molecule has 2 aromatic heterocycles. The number of aryl methyl sites for hydroxylation is 1. The average Bonchev–Trinajstić information content (AvgIpc) is 3.28. The molecule has 2 atom stereocenters. The zero-order chi connectivity index (χ0) is 20.0. The number of sulfonamides is 1. The van der Waals surface area contributed by atoms with E-state index in [-0.39, 0.29) is 12.1 Å². The maximum atomic E-state index is 13.7. The number of aromatic nitrogens is 4. The number of benzene rings is 1. The average molecular weight is 410 g/mol. The van der Waals surface area contributed by atoms with E-state index in [0.717, 1.165) is 35.6 Å². The number of nitrogens with zero attached hydrogens (tertiary/aromatic N) is 5. The topological polar surface area (TPSA) is 81.0 Å². The van der Waals surface area contributed by atoms with Crippen molar-refractivity contribution in [2.24, 2.45) is 0 Å². The standard InChI is InChI=1S/C21H23N5O2S/c1-2-15-6-3-4-8-19(15)29(27,28)26-17-9-10-18(26)14-25-20(12-17)23-24-21(25)16-7-5-11-22-13-16/h3-8,11,13,17-18H,2,9-10,12,14H2,1H3. The number of pyridine rings is 1. The van der Waals surface area contributed by atoms with Gasteiger partial charge in [0, 0.05) is 43.0 Å². The number of fused-ring (bicyclic) bond motifs is 3. The molecular formula is C21H23N5O2S. The second kappa shape index (κ2) is 7.03. The van der Waals surface area contributed by atoms with Crippen molar-refractivity contribution in [1.82, 2.24) is 24.1 Å². The Balaban J connectivity index is 1.55.